The second kappa shape index (κ2) is 7.14. The van der Waals surface area contributed by atoms with Crippen LogP contribution < -0.4 is 5.32 Å². The Kier molecular flexibility index (Phi) is 4.38. The van der Waals surface area contributed by atoms with E-state index >= 15 is 0 Å². The van der Waals surface area contributed by atoms with E-state index in [1.165, 1.54) is 12.1 Å². The van der Waals surface area contributed by atoms with Crippen molar-refractivity contribution in [1.82, 2.24) is 15.0 Å². The van der Waals surface area contributed by atoms with Gasteiger partial charge in [-0.2, -0.15) is 0 Å². The van der Waals surface area contributed by atoms with Crippen molar-refractivity contribution >= 4 is 5.82 Å². The molecule has 4 rings (SSSR count). The molecule has 0 fully saturated rings. The second-order valence-electron chi connectivity index (χ2n) is 5.64. The Balaban J connectivity index is 1.72. The molecule has 0 radical (unpaired) electrons. The fourth-order valence-corrected chi connectivity index (χ4v) is 2.52. The first kappa shape index (κ1) is 16.0. The van der Waals surface area contributed by atoms with Gasteiger partial charge in [-0.1, -0.05) is 0 Å². The monoisotopic (exact) mass is 346 g/mol. The summed E-state index contributed by atoms with van der Waals surface area (Å²) in [5, 5.41) is 3.24. The van der Waals surface area contributed by atoms with E-state index in [0.29, 0.717) is 23.9 Å². The SMILES string of the molecule is Fc1ccc(-c2cc(NCc3ccco3)nc(-c3cccnc3)n2)cc1. The van der Waals surface area contributed by atoms with Gasteiger partial charge in [0.1, 0.15) is 17.4 Å². The average Bonchev–Trinajstić information content (AvgIpc) is 3.21. The number of hydrogen-bond acceptors (Lipinski definition) is 5. The molecule has 0 bridgehead atoms. The number of nitrogens with one attached hydrogen (secondary N) is 1. The maximum Gasteiger partial charge on any atom is 0.163 e. The molecule has 1 aromatic carbocycles. The maximum atomic E-state index is 13.2. The van der Waals surface area contributed by atoms with Crippen molar-refractivity contribution in [3.05, 3.63) is 84.8 Å². The highest BCUT2D eigenvalue weighted by Gasteiger charge is 2.09. The second-order valence-corrected chi connectivity index (χ2v) is 5.64. The highest BCUT2D eigenvalue weighted by atomic mass is 19.1. The third-order valence-electron chi connectivity index (χ3n) is 3.81. The van der Waals surface area contributed by atoms with Crippen molar-refractivity contribution in [2.75, 3.05) is 5.32 Å². The zero-order valence-corrected chi connectivity index (χ0v) is 13.8. The number of aromatic nitrogens is 3. The molecule has 0 spiro atoms. The van der Waals surface area contributed by atoms with Gasteiger partial charge in [0.2, 0.25) is 0 Å². The normalized spacial score (nSPS) is 10.7. The first-order valence-corrected chi connectivity index (χ1v) is 8.09. The van der Waals surface area contributed by atoms with Gasteiger partial charge in [0.05, 0.1) is 18.5 Å². The minimum Gasteiger partial charge on any atom is -0.467 e. The standard InChI is InChI=1S/C20H15FN4O/c21-16-7-5-14(6-8-16)18-11-19(23-13-17-4-2-10-26-17)25-20(24-18)15-3-1-9-22-12-15/h1-12H,13H2,(H,23,24,25). The molecule has 4 aromatic rings. The van der Waals surface area contributed by atoms with Crippen molar-refractivity contribution in [3.8, 4) is 22.6 Å². The lowest BCUT2D eigenvalue weighted by Crippen LogP contribution is -2.03. The summed E-state index contributed by atoms with van der Waals surface area (Å²) in [6.45, 7) is 0.499. The first-order valence-electron chi connectivity index (χ1n) is 8.09. The van der Waals surface area contributed by atoms with Crippen LogP contribution in [0.5, 0.6) is 0 Å². The van der Waals surface area contributed by atoms with Crippen LogP contribution in [-0.4, -0.2) is 15.0 Å². The third-order valence-corrected chi connectivity index (χ3v) is 3.81. The van der Waals surface area contributed by atoms with E-state index in [1.54, 1.807) is 30.8 Å². The summed E-state index contributed by atoms with van der Waals surface area (Å²) in [5.74, 6) is 1.71. The van der Waals surface area contributed by atoms with E-state index < -0.39 is 0 Å². The lowest BCUT2D eigenvalue weighted by atomic mass is 10.1. The molecule has 3 aromatic heterocycles. The molecule has 0 atom stereocenters. The van der Waals surface area contributed by atoms with Gasteiger partial charge in [-0.05, 0) is 48.5 Å². The van der Waals surface area contributed by atoms with E-state index in [1.807, 2.05) is 30.3 Å². The molecule has 0 aliphatic heterocycles. The molecule has 0 unspecified atom stereocenters. The van der Waals surface area contributed by atoms with Crippen LogP contribution in [0.3, 0.4) is 0 Å². The van der Waals surface area contributed by atoms with E-state index in [4.69, 9.17) is 4.42 Å². The molecule has 6 heteroatoms. The molecule has 128 valence electrons. The number of anilines is 1. The van der Waals surface area contributed by atoms with Crippen molar-refractivity contribution in [2.45, 2.75) is 6.54 Å². The number of hydrogen-bond donors (Lipinski definition) is 1. The number of nitrogens with zero attached hydrogens (tertiary/aromatic N) is 3. The van der Waals surface area contributed by atoms with Gasteiger partial charge in [-0.25, -0.2) is 14.4 Å². The van der Waals surface area contributed by atoms with Crippen molar-refractivity contribution < 1.29 is 8.81 Å². The van der Waals surface area contributed by atoms with E-state index in [2.05, 4.69) is 20.3 Å². The Morgan fingerprint density at radius 3 is 2.58 bits per heavy atom. The van der Waals surface area contributed by atoms with E-state index in [9.17, 15) is 4.39 Å². The zero-order valence-electron chi connectivity index (χ0n) is 13.8. The van der Waals surface area contributed by atoms with Crippen LogP contribution in [0.15, 0.2) is 77.7 Å². The molecule has 0 saturated heterocycles. The van der Waals surface area contributed by atoms with Crippen LogP contribution in [0.2, 0.25) is 0 Å². The number of rotatable bonds is 5. The highest BCUT2D eigenvalue weighted by Crippen LogP contribution is 2.24. The molecular formula is C20H15FN4O. The topological polar surface area (TPSA) is 63.8 Å². The van der Waals surface area contributed by atoms with Gasteiger partial charge in [0.25, 0.3) is 0 Å². The Morgan fingerprint density at radius 2 is 1.85 bits per heavy atom. The largest absolute Gasteiger partial charge is 0.467 e. The summed E-state index contributed by atoms with van der Waals surface area (Å²) in [5.41, 5.74) is 2.30. The molecular weight excluding hydrogens is 331 g/mol. The summed E-state index contributed by atoms with van der Waals surface area (Å²) in [6, 6.07) is 15.5. The van der Waals surface area contributed by atoms with Crippen LogP contribution >= 0.6 is 0 Å². The minimum atomic E-state index is -0.286. The smallest absolute Gasteiger partial charge is 0.163 e. The van der Waals surface area contributed by atoms with Crippen LogP contribution in [0.25, 0.3) is 22.6 Å². The Labute approximate surface area is 149 Å². The van der Waals surface area contributed by atoms with Crippen molar-refractivity contribution in [2.24, 2.45) is 0 Å². The Bertz CT molecular complexity index is 986. The summed E-state index contributed by atoms with van der Waals surface area (Å²) in [4.78, 5) is 13.3. The Morgan fingerprint density at radius 1 is 0.962 bits per heavy atom. The molecule has 0 saturated carbocycles. The molecule has 0 aliphatic carbocycles. The van der Waals surface area contributed by atoms with Gasteiger partial charge in [0.15, 0.2) is 5.82 Å². The third kappa shape index (κ3) is 3.59. The average molecular weight is 346 g/mol. The molecule has 0 amide bonds. The number of benzene rings is 1. The number of pyridine rings is 1. The first-order chi connectivity index (χ1) is 12.8. The predicted molar refractivity (Wildman–Crippen MR) is 96.7 cm³/mol. The van der Waals surface area contributed by atoms with E-state index in [-0.39, 0.29) is 5.82 Å². The van der Waals surface area contributed by atoms with Gasteiger partial charge < -0.3 is 9.73 Å². The number of furan rings is 1. The van der Waals surface area contributed by atoms with Crippen molar-refractivity contribution in [1.29, 1.82) is 0 Å². The molecule has 1 N–H and O–H groups in total. The van der Waals surface area contributed by atoms with Crippen molar-refractivity contribution in [3.63, 3.8) is 0 Å². The van der Waals surface area contributed by atoms with Gasteiger partial charge >= 0.3 is 0 Å². The van der Waals surface area contributed by atoms with Gasteiger partial charge in [-0.15, -0.1) is 0 Å². The minimum absolute atomic E-state index is 0.286. The summed E-state index contributed by atoms with van der Waals surface area (Å²) < 4.78 is 18.6. The fourth-order valence-electron chi connectivity index (χ4n) is 2.52. The fraction of sp³-hybridized carbons (Fsp3) is 0.0500. The lowest BCUT2D eigenvalue weighted by molar-refractivity contribution is 0.518. The maximum absolute atomic E-state index is 13.2. The van der Waals surface area contributed by atoms with Gasteiger partial charge in [-0.3, -0.25) is 4.98 Å². The molecule has 0 aliphatic rings. The summed E-state index contributed by atoms with van der Waals surface area (Å²) >= 11 is 0. The van der Waals surface area contributed by atoms with E-state index in [0.717, 1.165) is 16.9 Å². The predicted octanol–water partition coefficient (Wildman–Crippen LogP) is 4.55. The zero-order chi connectivity index (χ0) is 17.8. The van der Waals surface area contributed by atoms with Crippen LogP contribution in [0, 0.1) is 5.82 Å². The number of halogens is 1. The summed E-state index contributed by atoms with van der Waals surface area (Å²) in [6.07, 6.45) is 5.03. The van der Waals surface area contributed by atoms with Gasteiger partial charge in [0, 0.05) is 29.6 Å². The van der Waals surface area contributed by atoms with Crippen LogP contribution in [0.1, 0.15) is 5.76 Å². The van der Waals surface area contributed by atoms with Crippen LogP contribution in [-0.2, 0) is 6.54 Å². The molecule has 3 heterocycles. The highest BCUT2D eigenvalue weighted by molar-refractivity contribution is 5.67. The molecule has 5 nitrogen and oxygen atoms in total. The molecule has 26 heavy (non-hydrogen) atoms. The lowest BCUT2D eigenvalue weighted by Gasteiger charge is -2.10. The summed E-state index contributed by atoms with van der Waals surface area (Å²) in [7, 11) is 0. The Hall–Kier alpha value is -3.54. The van der Waals surface area contributed by atoms with Crippen LogP contribution in [0.4, 0.5) is 10.2 Å². The quantitative estimate of drug-likeness (QED) is 0.574.